The van der Waals surface area contributed by atoms with Gasteiger partial charge in [-0.2, -0.15) is 0 Å². The highest BCUT2D eigenvalue weighted by Gasteiger charge is 2.38. The van der Waals surface area contributed by atoms with Gasteiger partial charge in [-0.25, -0.2) is 0 Å². The van der Waals surface area contributed by atoms with Gasteiger partial charge in [0, 0.05) is 24.3 Å². The molecule has 0 unspecified atom stereocenters. The molecule has 132 valence electrons. The van der Waals surface area contributed by atoms with Crippen molar-refractivity contribution in [1.82, 2.24) is 4.98 Å². The van der Waals surface area contributed by atoms with E-state index >= 15 is 0 Å². The van der Waals surface area contributed by atoms with Crippen molar-refractivity contribution in [2.24, 2.45) is 5.41 Å². The largest absolute Gasteiger partial charge is 0.323 e. The van der Waals surface area contributed by atoms with E-state index in [4.69, 9.17) is 0 Å². The third-order valence-electron chi connectivity index (χ3n) is 4.43. The van der Waals surface area contributed by atoms with E-state index in [2.05, 4.69) is 10.3 Å². The van der Waals surface area contributed by atoms with Gasteiger partial charge in [-0.15, -0.1) is 0 Å². The number of carbonyl (C=O) groups is 2. The van der Waals surface area contributed by atoms with Crippen molar-refractivity contribution in [2.75, 3.05) is 17.3 Å². The highest BCUT2D eigenvalue weighted by molar-refractivity contribution is 6.16. The minimum atomic E-state index is -1.23. The summed E-state index contributed by atoms with van der Waals surface area (Å²) in [6.07, 6.45) is 1.68. The second-order valence-electron chi connectivity index (χ2n) is 6.66. The Bertz CT molecular complexity index is 946. The van der Waals surface area contributed by atoms with Gasteiger partial charge in [0.15, 0.2) is 0 Å². The molecule has 1 heterocycles. The van der Waals surface area contributed by atoms with Crippen LogP contribution in [0.25, 0.3) is 10.9 Å². The molecule has 0 atom stereocenters. The SMILES string of the molecule is CN(C(=O)C(C)(C)C(=O)Nc1cccc2cccnc12)c1ccccc1. The van der Waals surface area contributed by atoms with Crippen LogP contribution in [0.5, 0.6) is 0 Å². The van der Waals surface area contributed by atoms with Gasteiger partial charge in [0.25, 0.3) is 0 Å². The van der Waals surface area contributed by atoms with Gasteiger partial charge in [-0.1, -0.05) is 36.4 Å². The number of rotatable bonds is 4. The summed E-state index contributed by atoms with van der Waals surface area (Å²) in [5, 5.41) is 3.79. The predicted molar refractivity (Wildman–Crippen MR) is 104 cm³/mol. The Labute approximate surface area is 152 Å². The monoisotopic (exact) mass is 347 g/mol. The number of aromatic nitrogens is 1. The van der Waals surface area contributed by atoms with Crippen LogP contribution in [-0.4, -0.2) is 23.8 Å². The first kappa shape index (κ1) is 17.6. The molecule has 0 aliphatic rings. The zero-order valence-electron chi connectivity index (χ0n) is 15.1. The lowest BCUT2D eigenvalue weighted by Gasteiger charge is -2.28. The Morgan fingerprint density at radius 2 is 1.65 bits per heavy atom. The van der Waals surface area contributed by atoms with Gasteiger partial charge in [0.05, 0.1) is 11.2 Å². The lowest BCUT2D eigenvalue weighted by molar-refractivity contribution is -0.136. The Kier molecular flexibility index (Phi) is 4.71. The van der Waals surface area contributed by atoms with Gasteiger partial charge < -0.3 is 10.2 Å². The molecule has 0 saturated carbocycles. The number of nitrogens with one attached hydrogen (secondary N) is 1. The lowest BCUT2D eigenvalue weighted by atomic mass is 9.90. The quantitative estimate of drug-likeness (QED) is 0.729. The minimum absolute atomic E-state index is 0.283. The number of para-hydroxylation sites is 2. The number of carbonyl (C=O) groups excluding carboxylic acids is 2. The molecule has 1 N–H and O–H groups in total. The average molecular weight is 347 g/mol. The Hall–Kier alpha value is -3.21. The molecule has 1 aromatic heterocycles. The summed E-state index contributed by atoms with van der Waals surface area (Å²) in [7, 11) is 1.67. The lowest BCUT2D eigenvalue weighted by Crippen LogP contribution is -2.46. The zero-order valence-corrected chi connectivity index (χ0v) is 15.1. The van der Waals surface area contributed by atoms with Gasteiger partial charge in [-0.3, -0.25) is 14.6 Å². The molecule has 3 rings (SSSR count). The second-order valence-corrected chi connectivity index (χ2v) is 6.66. The topological polar surface area (TPSA) is 62.3 Å². The average Bonchev–Trinajstić information content (AvgIpc) is 2.67. The zero-order chi connectivity index (χ0) is 18.7. The van der Waals surface area contributed by atoms with Crippen LogP contribution in [0.15, 0.2) is 66.9 Å². The van der Waals surface area contributed by atoms with E-state index in [1.165, 1.54) is 4.90 Å². The first-order chi connectivity index (χ1) is 12.4. The number of fused-ring (bicyclic) bond motifs is 1. The molecule has 2 amide bonds. The van der Waals surface area contributed by atoms with Gasteiger partial charge >= 0.3 is 0 Å². The van der Waals surface area contributed by atoms with Crippen LogP contribution < -0.4 is 10.2 Å². The van der Waals surface area contributed by atoms with Gasteiger partial charge in [0.2, 0.25) is 11.8 Å². The molecule has 0 fully saturated rings. The number of hydrogen-bond donors (Lipinski definition) is 1. The van der Waals surface area contributed by atoms with E-state index in [1.807, 2.05) is 54.6 Å². The Morgan fingerprint density at radius 3 is 2.38 bits per heavy atom. The van der Waals surface area contributed by atoms with Gasteiger partial charge in [0.1, 0.15) is 5.41 Å². The summed E-state index contributed by atoms with van der Waals surface area (Å²) in [5.74, 6) is -0.655. The molecule has 5 nitrogen and oxygen atoms in total. The highest BCUT2D eigenvalue weighted by Crippen LogP contribution is 2.27. The molecule has 26 heavy (non-hydrogen) atoms. The number of anilines is 2. The number of pyridine rings is 1. The van der Waals surface area contributed by atoms with Crippen LogP contribution in [0, 0.1) is 5.41 Å². The van der Waals surface area contributed by atoms with E-state index in [1.54, 1.807) is 33.2 Å². The molecular formula is C21H21N3O2. The standard InChI is InChI=1S/C21H21N3O2/c1-21(2,20(26)24(3)16-11-5-4-6-12-16)19(25)23-17-13-7-9-15-10-8-14-22-18(15)17/h4-14H,1-3H3,(H,23,25). The van der Waals surface area contributed by atoms with E-state index in [0.29, 0.717) is 11.2 Å². The number of hydrogen-bond acceptors (Lipinski definition) is 3. The van der Waals surface area contributed by atoms with Crippen molar-refractivity contribution in [3.05, 3.63) is 66.9 Å². The molecule has 0 aliphatic carbocycles. The fraction of sp³-hybridized carbons (Fsp3) is 0.190. The summed E-state index contributed by atoms with van der Waals surface area (Å²) in [4.78, 5) is 31.6. The maximum atomic E-state index is 12.9. The Morgan fingerprint density at radius 1 is 0.962 bits per heavy atom. The molecule has 3 aromatic rings. The van der Waals surface area contributed by atoms with E-state index in [9.17, 15) is 9.59 Å². The normalized spacial score (nSPS) is 11.2. The van der Waals surface area contributed by atoms with Crippen LogP contribution in [0.4, 0.5) is 11.4 Å². The highest BCUT2D eigenvalue weighted by atomic mass is 16.2. The predicted octanol–water partition coefficient (Wildman–Crippen LogP) is 3.86. The first-order valence-corrected chi connectivity index (χ1v) is 8.39. The molecule has 0 aliphatic heterocycles. The van der Waals surface area contributed by atoms with Gasteiger partial charge in [-0.05, 0) is 38.1 Å². The van der Waals surface area contributed by atoms with Crippen molar-refractivity contribution in [3.63, 3.8) is 0 Å². The summed E-state index contributed by atoms with van der Waals surface area (Å²) in [6, 6.07) is 18.6. The molecule has 0 bridgehead atoms. The van der Waals surface area contributed by atoms with Crippen LogP contribution in [0.1, 0.15) is 13.8 Å². The van der Waals surface area contributed by atoms with Crippen molar-refractivity contribution in [2.45, 2.75) is 13.8 Å². The molecule has 5 heteroatoms. The maximum Gasteiger partial charge on any atom is 0.241 e. The second kappa shape index (κ2) is 6.96. The van der Waals surface area contributed by atoms with Crippen LogP contribution >= 0.6 is 0 Å². The number of amides is 2. The third-order valence-corrected chi connectivity index (χ3v) is 4.43. The molecule has 0 saturated heterocycles. The van der Waals surface area contributed by atoms with Crippen molar-refractivity contribution in [1.29, 1.82) is 0 Å². The molecule has 0 radical (unpaired) electrons. The van der Waals surface area contributed by atoms with Crippen molar-refractivity contribution >= 4 is 34.1 Å². The van der Waals surface area contributed by atoms with E-state index in [-0.39, 0.29) is 11.8 Å². The van der Waals surface area contributed by atoms with Crippen molar-refractivity contribution < 1.29 is 9.59 Å². The van der Waals surface area contributed by atoms with Crippen LogP contribution in [-0.2, 0) is 9.59 Å². The van der Waals surface area contributed by atoms with Crippen LogP contribution in [0.2, 0.25) is 0 Å². The fourth-order valence-corrected chi connectivity index (χ4v) is 2.77. The first-order valence-electron chi connectivity index (χ1n) is 8.39. The fourth-order valence-electron chi connectivity index (χ4n) is 2.77. The summed E-state index contributed by atoms with van der Waals surface area (Å²) in [5.41, 5.74) is 0.797. The molecule has 0 spiro atoms. The summed E-state index contributed by atoms with van der Waals surface area (Å²) < 4.78 is 0. The van der Waals surface area contributed by atoms with Crippen molar-refractivity contribution in [3.8, 4) is 0 Å². The van der Waals surface area contributed by atoms with Crippen LogP contribution in [0.3, 0.4) is 0 Å². The smallest absolute Gasteiger partial charge is 0.241 e. The van der Waals surface area contributed by atoms with E-state index < -0.39 is 5.41 Å². The minimum Gasteiger partial charge on any atom is -0.323 e. The third kappa shape index (κ3) is 3.28. The number of benzene rings is 2. The molecule has 2 aromatic carbocycles. The maximum absolute atomic E-state index is 12.9. The summed E-state index contributed by atoms with van der Waals surface area (Å²) >= 11 is 0. The summed E-state index contributed by atoms with van der Waals surface area (Å²) in [6.45, 7) is 3.26. The Balaban J connectivity index is 1.84. The molecular weight excluding hydrogens is 326 g/mol. The van der Waals surface area contributed by atoms with E-state index in [0.717, 1.165) is 11.1 Å². The number of nitrogens with zero attached hydrogens (tertiary/aromatic N) is 2.